The third kappa shape index (κ3) is 4.57. The number of carbonyl (C=O) groups excluding carboxylic acids is 2. The highest BCUT2D eigenvalue weighted by Gasteiger charge is 2.32. The topological polar surface area (TPSA) is 95.6 Å². The Kier molecular flexibility index (Phi) is 6.11. The van der Waals surface area contributed by atoms with E-state index in [0.29, 0.717) is 22.7 Å². The first-order chi connectivity index (χ1) is 13.3. The molecule has 0 saturated carbocycles. The molecular weight excluding hydrogens is 405 g/mol. The molecule has 3 rings (SSSR count). The Bertz CT molecular complexity index is 969. The van der Waals surface area contributed by atoms with Crippen molar-refractivity contribution in [2.24, 2.45) is 5.92 Å². The van der Waals surface area contributed by atoms with Gasteiger partial charge in [0.25, 0.3) is 10.0 Å². The van der Waals surface area contributed by atoms with Gasteiger partial charge in [0.05, 0.1) is 5.69 Å². The number of piperidine rings is 1. The van der Waals surface area contributed by atoms with Crippen LogP contribution >= 0.6 is 11.3 Å². The van der Waals surface area contributed by atoms with Crippen molar-refractivity contribution in [1.29, 1.82) is 0 Å². The van der Waals surface area contributed by atoms with Crippen LogP contribution in [0.25, 0.3) is 0 Å². The zero-order chi connectivity index (χ0) is 20.3. The third-order valence-electron chi connectivity index (χ3n) is 4.46. The summed E-state index contributed by atoms with van der Waals surface area (Å²) in [6.07, 6.45) is 0.798. The van der Waals surface area contributed by atoms with Crippen LogP contribution in [0.1, 0.15) is 19.8 Å². The summed E-state index contributed by atoms with van der Waals surface area (Å²) >= 11 is 1.17. The summed E-state index contributed by atoms with van der Waals surface area (Å²) in [6, 6.07) is 7.19. The van der Waals surface area contributed by atoms with E-state index < -0.39 is 21.7 Å². The Morgan fingerprint density at radius 3 is 2.50 bits per heavy atom. The molecule has 0 bridgehead atoms. The Labute approximate surface area is 166 Å². The van der Waals surface area contributed by atoms with Crippen LogP contribution in [-0.2, 0) is 19.6 Å². The highest BCUT2D eigenvalue weighted by atomic mass is 32.2. The number of carbonyl (C=O) groups is 2. The van der Waals surface area contributed by atoms with E-state index >= 15 is 0 Å². The second kappa shape index (κ2) is 8.38. The van der Waals surface area contributed by atoms with Crippen molar-refractivity contribution in [2.45, 2.75) is 24.0 Å². The largest absolute Gasteiger partial charge is 0.326 e. The van der Waals surface area contributed by atoms with Crippen LogP contribution in [0.3, 0.4) is 0 Å². The SMILES string of the molecule is CC(=O)Nc1cc(NC(=O)C2CCN(S(=O)(=O)c3cccs3)CC2)ccc1F. The Hall–Kier alpha value is -2.30. The number of nitrogens with one attached hydrogen (secondary N) is 2. The fraction of sp³-hybridized carbons (Fsp3) is 0.333. The number of benzene rings is 1. The van der Waals surface area contributed by atoms with Crippen molar-refractivity contribution in [3.63, 3.8) is 0 Å². The van der Waals surface area contributed by atoms with E-state index in [1.54, 1.807) is 17.5 Å². The van der Waals surface area contributed by atoms with Crippen LogP contribution in [0.2, 0.25) is 0 Å². The lowest BCUT2D eigenvalue weighted by atomic mass is 9.97. The molecule has 150 valence electrons. The van der Waals surface area contributed by atoms with Crippen molar-refractivity contribution in [1.82, 2.24) is 4.31 Å². The van der Waals surface area contributed by atoms with Crippen LogP contribution in [0.15, 0.2) is 39.9 Å². The van der Waals surface area contributed by atoms with Crippen molar-refractivity contribution >= 4 is 44.5 Å². The average molecular weight is 426 g/mol. The Balaban J connectivity index is 1.61. The zero-order valence-electron chi connectivity index (χ0n) is 15.1. The quantitative estimate of drug-likeness (QED) is 0.770. The minimum absolute atomic E-state index is 0.0119. The molecule has 28 heavy (non-hydrogen) atoms. The summed E-state index contributed by atoms with van der Waals surface area (Å²) in [5, 5.41) is 6.79. The van der Waals surface area contributed by atoms with Gasteiger partial charge in [-0.1, -0.05) is 6.07 Å². The molecule has 0 aliphatic carbocycles. The van der Waals surface area contributed by atoms with E-state index in [0.717, 1.165) is 6.07 Å². The van der Waals surface area contributed by atoms with Crippen LogP contribution in [-0.4, -0.2) is 37.6 Å². The molecule has 2 N–H and O–H groups in total. The number of nitrogens with zero attached hydrogens (tertiary/aromatic N) is 1. The minimum atomic E-state index is -3.51. The molecule has 1 aliphatic heterocycles. The van der Waals surface area contributed by atoms with E-state index in [9.17, 15) is 22.4 Å². The van der Waals surface area contributed by atoms with E-state index in [4.69, 9.17) is 0 Å². The van der Waals surface area contributed by atoms with Crippen LogP contribution in [0.5, 0.6) is 0 Å². The molecule has 1 aromatic heterocycles. The van der Waals surface area contributed by atoms with Gasteiger partial charge in [-0.15, -0.1) is 11.3 Å². The molecule has 10 heteroatoms. The molecule has 1 aromatic carbocycles. The number of hydrogen-bond acceptors (Lipinski definition) is 5. The van der Waals surface area contributed by atoms with Gasteiger partial charge in [-0.25, -0.2) is 12.8 Å². The van der Waals surface area contributed by atoms with E-state index in [-0.39, 0.29) is 30.6 Å². The second-order valence-electron chi connectivity index (χ2n) is 6.48. The Morgan fingerprint density at radius 2 is 1.89 bits per heavy atom. The fourth-order valence-electron chi connectivity index (χ4n) is 3.03. The van der Waals surface area contributed by atoms with E-state index in [1.165, 1.54) is 34.7 Å². The van der Waals surface area contributed by atoms with Gasteiger partial charge in [0.1, 0.15) is 10.0 Å². The highest BCUT2D eigenvalue weighted by molar-refractivity contribution is 7.91. The third-order valence-corrected chi connectivity index (χ3v) is 7.73. The molecule has 0 spiro atoms. The lowest BCUT2D eigenvalue weighted by molar-refractivity contribution is -0.121. The van der Waals surface area contributed by atoms with E-state index in [2.05, 4.69) is 10.6 Å². The van der Waals surface area contributed by atoms with Crippen molar-refractivity contribution in [3.05, 3.63) is 41.5 Å². The number of rotatable bonds is 5. The molecule has 2 heterocycles. The first kappa shape index (κ1) is 20.4. The molecule has 2 aromatic rings. The van der Waals surface area contributed by atoms with Crippen molar-refractivity contribution in [3.8, 4) is 0 Å². The van der Waals surface area contributed by atoms with Gasteiger partial charge in [-0.2, -0.15) is 4.31 Å². The first-order valence-electron chi connectivity index (χ1n) is 8.69. The molecule has 1 aliphatic rings. The monoisotopic (exact) mass is 425 g/mol. The minimum Gasteiger partial charge on any atom is -0.326 e. The fourth-order valence-corrected chi connectivity index (χ4v) is 5.64. The number of amides is 2. The normalized spacial score (nSPS) is 15.9. The Morgan fingerprint density at radius 1 is 1.18 bits per heavy atom. The smallest absolute Gasteiger partial charge is 0.252 e. The first-order valence-corrected chi connectivity index (χ1v) is 11.0. The number of halogens is 1. The lowest BCUT2D eigenvalue weighted by Gasteiger charge is -2.30. The molecule has 7 nitrogen and oxygen atoms in total. The van der Waals surface area contributed by atoms with E-state index in [1.807, 2.05) is 0 Å². The molecule has 1 saturated heterocycles. The summed E-state index contributed by atoms with van der Waals surface area (Å²) in [7, 11) is -3.51. The van der Waals surface area contributed by atoms with Gasteiger partial charge in [-0.3, -0.25) is 9.59 Å². The standard InChI is InChI=1S/C18H20FN3O4S2/c1-12(23)20-16-11-14(4-5-15(16)19)21-18(24)13-6-8-22(9-7-13)28(25,26)17-3-2-10-27-17/h2-5,10-11,13H,6-9H2,1H3,(H,20,23)(H,21,24). The molecule has 1 fully saturated rings. The zero-order valence-corrected chi connectivity index (χ0v) is 16.8. The molecule has 0 unspecified atom stereocenters. The van der Waals surface area contributed by atoms with Crippen LogP contribution < -0.4 is 10.6 Å². The molecule has 0 radical (unpaired) electrons. The predicted molar refractivity (Wildman–Crippen MR) is 105 cm³/mol. The number of sulfonamides is 1. The van der Waals surface area contributed by atoms with Crippen LogP contribution in [0, 0.1) is 11.7 Å². The lowest BCUT2D eigenvalue weighted by Crippen LogP contribution is -2.41. The predicted octanol–water partition coefficient (Wildman–Crippen LogP) is 2.89. The maximum atomic E-state index is 13.7. The maximum Gasteiger partial charge on any atom is 0.252 e. The maximum absolute atomic E-state index is 13.7. The van der Waals surface area contributed by atoms with Crippen LogP contribution in [0.4, 0.5) is 15.8 Å². The van der Waals surface area contributed by atoms with Crippen molar-refractivity contribution < 1.29 is 22.4 Å². The van der Waals surface area contributed by atoms with Gasteiger partial charge in [0.2, 0.25) is 11.8 Å². The summed E-state index contributed by atoms with van der Waals surface area (Å²) in [5.74, 6) is -1.61. The average Bonchev–Trinajstić information content (AvgIpc) is 3.20. The number of thiophene rings is 1. The molecular formula is C18H20FN3O4S2. The summed E-state index contributed by atoms with van der Waals surface area (Å²) < 4.78 is 40.5. The second-order valence-corrected chi connectivity index (χ2v) is 9.59. The van der Waals surface area contributed by atoms with Gasteiger partial charge in [-0.05, 0) is 42.5 Å². The van der Waals surface area contributed by atoms with Crippen molar-refractivity contribution in [2.75, 3.05) is 23.7 Å². The number of hydrogen-bond donors (Lipinski definition) is 2. The van der Waals surface area contributed by atoms with Gasteiger partial charge in [0, 0.05) is 31.6 Å². The highest BCUT2D eigenvalue weighted by Crippen LogP contribution is 2.27. The molecule has 0 atom stereocenters. The summed E-state index contributed by atoms with van der Waals surface area (Å²) in [5.41, 5.74) is 0.353. The van der Waals surface area contributed by atoms with Gasteiger partial charge in [0.15, 0.2) is 0 Å². The molecule has 2 amide bonds. The van der Waals surface area contributed by atoms with Gasteiger partial charge >= 0.3 is 0 Å². The summed E-state index contributed by atoms with van der Waals surface area (Å²) in [4.78, 5) is 23.6. The summed E-state index contributed by atoms with van der Waals surface area (Å²) in [6.45, 7) is 1.79. The van der Waals surface area contributed by atoms with Gasteiger partial charge < -0.3 is 10.6 Å². The number of anilines is 2.